The summed E-state index contributed by atoms with van der Waals surface area (Å²) in [5, 5.41) is 33.9. The zero-order valence-corrected chi connectivity index (χ0v) is 17.3. The minimum Gasteiger partial charge on any atom is -0.509 e. The molecule has 0 atom stereocenters. The highest BCUT2D eigenvalue weighted by Crippen LogP contribution is 2.32. The zero-order valence-electron chi connectivity index (χ0n) is 15.7. The largest absolute Gasteiger partial charge is 0.509 e. The summed E-state index contributed by atoms with van der Waals surface area (Å²) in [4.78, 5) is 27.6. The first-order chi connectivity index (χ1) is 14.8. The van der Waals surface area contributed by atoms with Crippen LogP contribution in [0, 0.1) is 15.5 Å². The van der Waals surface area contributed by atoms with E-state index in [0.29, 0.717) is 15.7 Å². The number of carbonyl (C=O) groups excluding carboxylic acids is 1. The van der Waals surface area contributed by atoms with E-state index in [4.69, 9.17) is 17.0 Å². The van der Waals surface area contributed by atoms with E-state index in [2.05, 4.69) is 10.4 Å². The molecule has 0 spiro atoms. The number of halogens is 1. The monoisotopic (exact) mass is 455 g/mol. The van der Waals surface area contributed by atoms with Crippen LogP contribution in [0.1, 0.15) is 15.4 Å². The van der Waals surface area contributed by atoms with Gasteiger partial charge in [-0.2, -0.15) is 0 Å². The van der Waals surface area contributed by atoms with Crippen LogP contribution in [0.3, 0.4) is 0 Å². The Labute approximate surface area is 184 Å². The Bertz CT molecular complexity index is 1240. The van der Waals surface area contributed by atoms with E-state index in [-0.39, 0.29) is 35.0 Å². The van der Waals surface area contributed by atoms with Gasteiger partial charge in [0.2, 0.25) is 0 Å². The molecule has 2 heterocycles. The van der Waals surface area contributed by atoms with Crippen molar-refractivity contribution in [3.8, 4) is 11.3 Å². The molecule has 3 aromatic rings. The normalized spacial score (nSPS) is 13.6. The van der Waals surface area contributed by atoms with E-state index >= 15 is 0 Å². The smallest absolute Gasteiger partial charge is 0.282 e. The maximum atomic E-state index is 12.6. The van der Waals surface area contributed by atoms with Crippen LogP contribution in [-0.2, 0) is 0 Å². The number of aliphatic hydroxyl groups excluding tert-OH is 1. The lowest BCUT2D eigenvalue weighted by atomic mass is 10.2. The van der Waals surface area contributed by atoms with E-state index < -0.39 is 10.8 Å². The van der Waals surface area contributed by atoms with Crippen molar-refractivity contribution in [3.63, 3.8) is 0 Å². The number of para-hydroxylation sites is 1. The number of benzene rings is 2. The molecule has 0 fully saturated rings. The summed E-state index contributed by atoms with van der Waals surface area (Å²) < 4.78 is 0. The van der Waals surface area contributed by atoms with Gasteiger partial charge in [-0.15, -0.1) is 11.3 Å². The molecule has 1 aromatic heterocycles. The van der Waals surface area contributed by atoms with Crippen molar-refractivity contribution in [2.75, 3.05) is 6.54 Å². The fourth-order valence-electron chi connectivity index (χ4n) is 3.05. The number of nitro benzene ring substituents is 1. The molecule has 0 saturated heterocycles. The molecular weight excluding hydrogens is 442 g/mol. The highest BCUT2D eigenvalue weighted by atomic mass is 35.5. The molecule has 9 nitrogen and oxygen atoms in total. The molecule has 0 bridgehead atoms. The lowest BCUT2D eigenvalue weighted by Crippen LogP contribution is -2.44. The predicted octanol–water partition coefficient (Wildman–Crippen LogP) is 4.28. The molecule has 0 saturated carbocycles. The van der Waals surface area contributed by atoms with Crippen LogP contribution >= 0.6 is 22.9 Å². The molecule has 31 heavy (non-hydrogen) atoms. The number of amides is 1. The minimum absolute atomic E-state index is 0.134. The third kappa shape index (κ3) is 3.98. The quantitative estimate of drug-likeness (QED) is 0.388. The van der Waals surface area contributed by atoms with Crippen LogP contribution in [0.25, 0.3) is 16.8 Å². The molecule has 0 radical (unpaired) electrons. The number of nitrogens with zero attached hydrogens (tertiary/aromatic N) is 3. The first-order valence-electron chi connectivity index (χ1n) is 8.90. The van der Waals surface area contributed by atoms with Crippen molar-refractivity contribution < 1.29 is 14.8 Å². The zero-order chi connectivity index (χ0) is 22.1. The molecule has 1 aliphatic rings. The fourth-order valence-corrected chi connectivity index (χ4v) is 4.07. The van der Waals surface area contributed by atoms with Gasteiger partial charge < -0.3 is 5.11 Å². The van der Waals surface area contributed by atoms with E-state index in [0.717, 1.165) is 10.6 Å². The number of hydrazine groups is 1. The van der Waals surface area contributed by atoms with Gasteiger partial charge in [0.1, 0.15) is 16.3 Å². The summed E-state index contributed by atoms with van der Waals surface area (Å²) in [5.41, 5.74) is 3.62. The summed E-state index contributed by atoms with van der Waals surface area (Å²) in [6, 6.07) is 12.6. The van der Waals surface area contributed by atoms with Crippen LogP contribution in [0.15, 0.2) is 59.7 Å². The number of hydrogen-bond donors (Lipinski definition) is 3. The molecular formula is C20H14ClN5O4S. The Morgan fingerprint density at radius 1 is 1.26 bits per heavy atom. The Balaban J connectivity index is 1.54. The molecule has 0 aliphatic carbocycles. The number of amidine groups is 1. The summed E-state index contributed by atoms with van der Waals surface area (Å²) in [6.07, 6.45) is 0. The van der Waals surface area contributed by atoms with Crippen LogP contribution in [0.5, 0.6) is 0 Å². The average Bonchev–Trinajstić information content (AvgIpc) is 3.33. The molecule has 4 rings (SSSR count). The van der Waals surface area contributed by atoms with Gasteiger partial charge in [0, 0.05) is 22.0 Å². The SMILES string of the molecule is N=C1C(c2nc(-c3ccc(Cl)cc3)cs2)=C(O)CN1NC(=O)c1ccccc1[N+](=O)[O-]. The molecule has 0 unspecified atom stereocenters. The standard InChI is InChI=1S/C20H14ClN5O4S/c21-12-7-5-11(6-8-12)14-10-31-20(23-14)17-16(27)9-25(18(17)22)24-19(28)13-3-1-2-4-15(13)26(29)30/h1-8,10,22,27H,9H2,(H,24,28). The number of rotatable bonds is 5. The topological polar surface area (TPSA) is 132 Å². The van der Waals surface area contributed by atoms with Crippen molar-refractivity contribution in [2.45, 2.75) is 0 Å². The third-order valence-electron chi connectivity index (χ3n) is 4.54. The van der Waals surface area contributed by atoms with Crippen molar-refractivity contribution in [3.05, 3.63) is 85.4 Å². The number of thiazole rings is 1. The lowest BCUT2D eigenvalue weighted by Gasteiger charge is -2.19. The second kappa shape index (κ2) is 8.17. The Hall–Kier alpha value is -3.76. The van der Waals surface area contributed by atoms with E-state index in [1.807, 2.05) is 12.1 Å². The second-order valence-corrected chi connectivity index (χ2v) is 7.81. The first kappa shape index (κ1) is 20.5. The maximum absolute atomic E-state index is 12.6. The van der Waals surface area contributed by atoms with Gasteiger partial charge in [-0.05, 0) is 18.2 Å². The number of hydrogen-bond acceptors (Lipinski definition) is 7. The highest BCUT2D eigenvalue weighted by Gasteiger charge is 2.32. The number of nitrogens with one attached hydrogen (secondary N) is 2. The van der Waals surface area contributed by atoms with Crippen molar-refractivity contribution in [1.82, 2.24) is 15.4 Å². The van der Waals surface area contributed by atoms with E-state index in [1.54, 1.807) is 17.5 Å². The molecule has 3 N–H and O–H groups in total. The Kier molecular flexibility index (Phi) is 5.40. The van der Waals surface area contributed by atoms with Gasteiger partial charge in [-0.1, -0.05) is 35.9 Å². The lowest BCUT2D eigenvalue weighted by molar-refractivity contribution is -0.385. The van der Waals surface area contributed by atoms with Gasteiger partial charge >= 0.3 is 0 Å². The number of aromatic nitrogens is 1. The van der Waals surface area contributed by atoms with Gasteiger partial charge in [-0.25, -0.2) is 4.98 Å². The first-order valence-corrected chi connectivity index (χ1v) is 10.2. The maximum Gasteiger partial charge on any atom is 0.282 e. The molecule has 1 amide bonds. The Morgan fingerprint density at radius 3 is 2.68 bits per heavy atom. The minimum atomic E-state index is -0.757. The Morgan fingerprint density at radius 2 is 1.97 bits per heavy atom. The molecule has 1 aliphatic heterocycles. The average molecular weight is 456 g/mol. The van der Waals surface area contributed by atoms with Gasteiger partial charge in [0.05, 0.1) is 22.7 Å². The molecule has 2 aromatic carbocycles. The molecule has 11 heteroatoms. The summed E-state index contributed by atoms with van der Waals surface area (Å²) in [5.74, 6) is -1.06. The molecule has 156 valence electrons. The van der Waals surface area contributed by atoms with Crippen LogP contribution in [0.4, 0.5) is 5.69 Å². The fraction of sp³-hybridized carbons (Fsp3) is 0.0500. The summed E-state index contributed by atoms with van der Waals surface area (Å²) >= 11 is 7.16. The van der Waals surface area contributed by atoms with Crippen molar-refractivity contribution in [1.29, 1.82) is 5.41 Å². The number of aliphatic hydroxyl groups is 1. The van der Waals surface area contributed by atoms with Crippen LogP contribution in [-0.4, -0.2) is 38.3 Å². The van der Waals surface area contributed by atoms with Crippen LogP contribution < -0.4 is 5.43 Å². The van der Waals surface area contributed by atoms with E-state index in [1.165, 1.54) is 35.6 Å². The summed E-state index contributed by atoms with van der Waals surface area (Å²) in [7, 11) is 0. The van der Waals surface area contributed by atoms with Gasteiger partial charge in [0.15, 0.2) is 5.84 Å². The van der Waals surface area contributed by atoms with Crippen molar-refractivity contribution in [2.24, 2.45) is 0 Å². The highest BCUT2D eigenvalue weighted by molar-refractivity contribution is 7.11. The van der Waals surface area contributed by atoms with Crippen LogP contribution in [0.2, 0.25) is 5.02 Å². The van der Waals surface area contributed by atoms with Crippen molar-refractivity contribution >= 4 is 45.9 Å². The number of nitro groups is 1. The third-order valence-corrected chi connectivity index (χ3v) is 5.65. The summed E-state index contributed by atoms with van der Waals surface area (Å²) in [6.45, 7) is -0.156. The van der Waals surface area contributed by atoms with E-state index in [9.17, 15) is 20.0 Å². The van der Waals surface area contributed by atoms with Gasteiger partial charge in [-0.3, -0.25) is 30.8 Å². The number of carbonyl (C=O) groups is 1. The van der Waals surface area contributed by atoms with Gasteiger partial charge in [0.25, 0.3) is 11.6 Å². The predicted molar refractivity (Wildman–Crippen MR) is 117 cm³/mol. The second-order valence-electron chi connectivity index (χ2n) is 6.52.